The molecule has 3 aromatic rings. The molecule has 270 valence electrons. The maximum absolute atomic E-state index is 14.8. The topological polar surface area (TPSA) is 151 Å². The molecule has 1 saturated heterocycles. The van der Waals surface area contributed by atoms with E-state index in [2.05, 4.69) is 5.32 Å². The largest absolute Gasteiger partial charge is 0.480 e. The summed E-state index contributed by atoms with van der Waals surface area (Å²) in [5.74, 6) is -3.82. The molecule has 0 atom stereocenters. The van der Waals surface area contributed by atoms with E-state index in [1.54, 1.807) is 38.1 Å². The first-order valence-electron chi connectivity index (χ1n) is 16.0. The molecule has 0 radical (unpaired) electrons. The molecule has 1 heterocycles. The van der Waals surface area contributed by atoms with Gasteiger partial charge in [-0.05, 0) is 73.6 Å². The second-order valence-electron chi connectivity index (χ2n) is 15.4. The highest BCUT2D eigenvalue weighted by Crippen LogP contribution is 2.61. The average Bonchev–Trinajstić information content (AvgIpc) is 3.19. The molecule has 0 saturated carbocycles. The molecule has 13 heteroatoms. The number of benzene rings is 3. The number of alkyl halides is 3. The van der Waals surface area contributed by atoms with E-state index in [-0.39, 0.29) is 11.3 Å². The number of carbonyl (C=O) groups excluding carboxylic acids is 2. The number of carboxylic acid groups (broad SMARTS) is 2. The van der Waals surface area contributed by atoms with Gasteiger partial charge in [-0.15, -0.1) is 0 Å². The van der Waals surface area contributed by atoms with Crippen molar-refractivity contribution in [1.29, 1.82) is 5.26 Å². The molecule has 3 amide bonds. The fourth-order valence-electron chi connectivity index (χ4n) is 7.60. The Labute approximate surface area is 294 Å². The number of urea groups is 1. The van der Waals surface area contributed by atoms with Gasteiger partial charge in [-0.2, -0.15) is 18.4 Å². The molecule has 1 fully saturated rings. The van der Waals surface area contributed by atoms with E-state index in [9.17, 15) is 47.8 Å². The number of nitrogens with zero attached hydrogens (tertiary/aromatic N) is 3. The highest BCUT2D eigenvalue weighted by molar-refractivity contribution is 6.23. The Kier molecular flexibility index (Phi) is 9.37. The number of anilines is 3. The van der Waals surface area contributed by atoms with Crippen molar-refractivity contribution < 1.29 is 42.6 Å². The number of imide groups is 1. The highest BCUT2D eigenvalue weighted by Gasteiger charge is 2.67. The van der Waals surface area contributed by atoms with Gasteiger partial charge in [-0.3, -0.25) is 19.3 Å². The Morgan fingerprint density at radius 2 is 1.33 bits per heavy atom. The van der Waals surface area contributed by atoms with Gasteiger partial charge < -0.3 is 15.5 Å². The highest BCUT2D eigenvalue weighted by atomic mass is 19.4. The number of para-hydroxylation sites is 1. The predicted molar refractivity (Wildman–Crippen MR) is 184 cm³/mol. The van der Waals surface area contributed by atoms with Crippen LogP contribution in [0.3, 0.4) is 0 Å². The second kappa shape index (κ2) is 12.4. The van der Waals surface area contributed by atoms with Crippen molar-refractivity contribution in [2.75, 3.05) is 10.2 Å². The normalized spacial score (nSPS) is 15.5. The van der Waals surface area contributed by atoms with E-state index in [0.717, 1.165) is 24.0 Å². The summed E-state index contributed by atoms with van der Waals surface area (Å²) in [5.41, 5.74) is -7.55. The summed E-state index contributed by atoms with van der Waals surface area (Å²) in [4.78, 5) is 55.1. The number of nitrogens with one attached hydrogen (secondary N) is 1. The standard InChI is InChI=1S/C38H41F3N4O6/c1-33(2,3)37(34(4,5)6,26-12-10-11-13-28(26)43-24-17-15-23(16-18-24)36(9,30(47)48)31(49)50)45-32(51)44(29(46)35(45,7)8)25-19-14-22(21-42)27(20-25)38(39,40)41/h10-20,43H,1-9H3,(H,47,48)(H,49,50). The van der Waals surface area contributed by atoms with E-state index in [1.807, 2.05) is 41.5 Å². The van der Waals surface area contributed by atoms with Crippen LogP contribution < -0.4 is 10.2 Å². The van der Waals surface area contributed by atoms with Gasteiger partial charge in [0.2, 0.25) is 0 Å². The summed E-state index contributed by atoms with van der Waals surface area (Å²) in [6.45, 7) is 15.6. The Morgan fingerprint density at radius 1 is 0.804 bits per heavy atom. The molecule has 51 heavy (non-hydrogen) atoms. The number of hydrogen-bond acceptors (Lipinski definition) is 6. The molecular weight excluding hydrogens is 665 g/mol. The van der Waals surface area contributed by atoms with Crippen molar-refractivity contribution in [2.45, 2.75) is 85.0 Å². The van der Waals surface area contributed by atoms with Crippen LogP contribution in [0, 0.1) is 22.2 Å². The maximum Gasteiger partial charge on any atom is 0.417 e. The number of hydrogen-bond donors (Lipinski definition) is 3. The molecule has 0 aromatic heterocycles. The number of carbonyl (C=O) groups is 4. The van der Waals surface area contributed by atoms with Crippen LogP contribution in [0.1, 0.15) is 84.6 Å². The van der Waals surface area contributed by atoms with Gasteiger partial charge in [-0.1, -0.05) is 71.9 Å². The second-order valence-corrected chi connectivity index (χ2v) is 15.4. The van der Waals surface area contributed by atoms with Gasteiger partial charge in [0.25, 0.3) is 5.91 Å². The minimum atomic E-state index is -4.93. The smallest absolute Gasteiger partial charge is 0.417 e. The quantitative estimate of drug-likeness (QED) is 0.156. The lowest BCUT2D eigenvalue weighted by Crippen LogP contribution is -2.67. The molecule has 0 aliphatic carbocycles. The van der Waals surface area contributed by atoms with Crippen molar-refractivity contribution in [3.8, 4) is 6.07 Å². The SMILES string of the molecule is CC(C(=O)O)(C(=O)O)c1ccc(Nc2ccccc2C(N2C(=O)N(c3ccc(C#N)c(C(F)(F)F)c3)C(=O)C2(C)C)(C(C)(C)C)C(C)(C)C)cc1. The lowest BCUT2D eigenvalue weighted by Gasteiger charge is -2.61. The van der Waals surface area contributed by atoms with Crippen LogP contribution in [0.25, 0.3) is 0 Å². The molecule has 10 nitrogen and oxygen atoms in total. The van der Waals surface area contributed by atoms with Crippen molar-refractivity contribution >= 4 is 40.9 Å². The fraction of sp³-hybridized carbons (Fsp3) is 0.395. The third-order valence-electron chi connectivity index (χ3n) is 9.78. The third kappa shape index (κ3) is 5.96. The van der Waals surface area contributed by atoms with Crippen LogP contribution >= 0.6 is 0 Å². The number of rotatable bonds is 8. The van der Waals surface area contributed by atoms with Crippen LogP contribution in [0.2, 0.25) is 0 Å². The maximum atomic E-state index is 14.8. The minimum absolute atomic E-state index is 0.0413. The zero-order valence-electron chi connectivity index (χ0n) is 29.9. The lowest BCUT2D eigenvalue weighted by molar-refractivity contribution is -0.156. The van der Waals surface area contributed by atoms with Crippen LogP contribution in [0.4, 0.5) is 35.0 Å². The minimum Gasteiger partial charge on any atom is -0.480 e. The molecule has 0 unspecified atom stereocenters. The number of halogens is 3. The lowest BCUT2D eigenvalue weighted by atomic mass is 9.55. The Balaban J connectivity index is 1.96. The number of amides is 3. The van der Waals surface area contributed by atoms with E-state index < -0.39 is 68.5 Å². The molecule has 4 rings (SSSR count). The molecule has 3 aromatic carbocycles. The van der Waals surface area contributed by atoms with E-state index >= 15 is 0 Å². The summed E-state index contributed by atoms with van der Waals surface area (Å²) in [5, 5.41) is 32.0. The fourth-order valence-corrected chi connectivity index (χ4v) is 7.60. The summed E-state index contributed by atoms with van der Waals surface area (Å²) in [6.07, 6.45) is -4.93. The number of carboxylic acids is 2. The summed E-state index contributed by atoms with van der Waals surface area (Å²) in [6, 6.07) is 16.3. The van der Waals surface area contributed by atoms with Gasteiger partial charge in [-0.25, -0.2) is 9.69 Å². The van der Waals surface area contributed by atoms with E-state index in [0.29, 0.717) is 23.0 Å². The number of aliphatic carboxylic acids is 2. The zero-order valence-corrected chi connectivity index (χ0v) is 29.9. The Hall–Kier alpha value is -5.38. The van der Waals surface area contributed by atoms with Gasteiger partial charge in [0.1, 0.15) is 5.54 Å². The van der Waals surface area contributed by atoms with Crippen molar-refractivity contribution in [2.24, 2.45) is 10.8 Å². The van der Waals surface area contributed by atoms with Crippen LogP contribution in [-0.4, -0.2) is 44.5 Å². The molecular formula is C38H41F3N4O6. The van der Waals surface area contributed by atoms with E-state index in [1.165, 1.54) is 35.2 Å². The monoisotopic (exact) mass is 706 g/mol. The first kappa shape index (κ1) is 38.4. The van der Waals surface area contributed by atoms with Gasteiger partial charge in [0.05, 0.1) is 28.4 Å². The van der Waals surface area contributed by atoms with Crippen molar-refractivity contribution in [1.82, 2.24) is 4.90 Å². The first-order chi connectivity index (χ1) is 23.3. The summed E-state index contributed by atoms with van der Waals surface area (Å²) in [7, 11) is 0. The summed E-state index contributed by atoms with van der Waals surface area (Å²) >= 11 is 0. The first-order valence-corrected chi connectivity index (χ1v) is 16.0. The van der Waals surface area contributed by atoms with Crippen LogP contribution in [-0.2, 0) is 31.5 Å². The Bertz CT molecular complexity index is 1920. The summed E-state index contributed by atoms with van der Waals surface area (Å²) < 4.78 is 42.0. The van der Waals surface area contributed by atoms with Crippen molar-refractivity contribution in [3.63, 3.8) is 0 Å². The van der Waals surface area contributed by atoms with Gasteiger partial charge in [0.15, 0.2) is 5.41 Å². The molecule has 1 aliphatic rings. The van der Waals surface area contributed by atoms with Gasteiger partial charge in [0, 0.05) is 16.9 Å². The third-order valence-corrected chi connectivity index (χ3v) is 9.78. The molecule has 0 spiro atoms. The van der Waals surface area contributed by atoms with Gasteiger partial charge >= 0.3 is 24.1 Å². The number of nitriles is 1. The average molecular weight is 707 g/mol. The Morgan fingerprint density at radius 3 is 1.80 bits per heavy atom. The van der Waals surface area contributed by atoms with E-state index in [4.69, 9.17) is 0 Å². The van der Waals surface area contributed by atoms with Crippen LogP contribution in [0.15, 0.2) is 66.7 Å². The molecule has 3 N–H and O–H groups in total. The molecule has 0 bridgehead atoms. The van der Waals surface area contributed by atoms with Crippen molar-refractivity contribution in [3.05, 3.63) is 89.0 Å². The molecule has 1 aliphatic heterocycles. The predicted octanol–water partition coefficient (Wildman–Crippen LogP) is 8.28. The zero-order chi connectivity index (χ0) is 38.7. The van der Waals surface area contributed by atoms with Crippen LogP contribution in [0.5, 0.6) is 0 Å².